The Hall–Kier alpha value is -3.02. The number of likely N-dealkylation sites (tertiary alicyclic amines) is 1. The zero-order valence-corrected chi connectivity index (χ0v) is 22.6. The summed E-state index contributed by atoms with van der Waals surface area (Å²) in [6.07, 6.45) is 14.4. The Morgan fingerprint density at radius 3 is 2.42 bits per heavy atom. The molecule has 200 valence electrons. The van der Waals surface area contributed by atoms with Crippen molar-refractivity contribution < 1.29 is 13.6 Å². The number of pyridine rings is 1. The number of hydrogen-bond acceptors (Lipinski definition) is 3. The number of alkyl halides is 2. The number of nitrogens with zero attached hydrogens (tertiary/aromatic N) is 3. The van der Waals surface area contributed by atoms with Crippen LogP contribution in [0.2, 0.25) is 0 Å². The van der Waals surface area contributed by atoms with E-state index >= 15 is 0 Å². The molecule has 2 heterocycles. The van der Waals surface area contributed by atoms with E-state index in [0.717, 1.165) is 49.0 Å². The highest BCUT2D eigenvalue weighted by atomic mass is 19.3. The summed E-state index contributed by atoms with van der Waals surface area (Å²) in [4.78, 5) is 21.9. The maximum absolute atomic E-state index is 14.3. The summed E-state index contributed by atoms with van der Waals surface area (Å²) in [5.41, 5.74) is 7.02. The Labute approximate surface area is 225 Å². The van der Waals surface area contributed by atoms with Gasteiger partial charge in [-0.3, -0.25) is 9.78 Å². The van der Waals surface area contributed by atoms with Crippen LogP contribution in [-0.2, 0) is 10.7 Å². The van der Waals surface area contributed by atoms with Crippen molar-refractivity contribution >= 4 is 22.9 Å². The lowest BCUT2D eigenvalue weighted by atomic mass is 9.91. The van der Waals surface area contributed by atoms with Gasteiger partial charge in [-0.05, 0) is 55.9 Å². The molecule has 6 heteroatoms. The van der Waals surface area contributed by atoms with Gasteiger partial charge < -0.3 is 9.80 Å². The van der Waals surface area contributed by atoms with E-state index < -0.39 is 5.92 Å². The molecule has 1 amide bonds. The number of benzene rings is 1. The Morgan fingerprint density at radius 1 is 1.08 bits per heavy atom. The van der Waals surface area contributed by atoms with Crippen LogP contribution in [0, 0.1) is 18.8 Å². The molecule has 0 spiro atoms. The molecular weight excluding hydrogens is 480 g/mol. The highest BCUT2D eigenvalue weighted by molar-refractivity contribution is 5.93. The molecule has 0 bridgehead atoms. The topological polar surface area (TPSA) is 36.4 Å². The zero-order valence-electron chi connectivity index (χ0n) is 22.6. The van der Waals surface area contributed by atoms with Gasteiger partial charge in [-0.1, -0.05) is 50.1 Å². The summed E-state index contributed by atoms with van der Waals surface area (Å²) >= 11 is 0. The van der Waals surface area contributed by atoms with E-state index in [4.69, 9.17) is 0 Å². The predicted octanol–water partition coefficient (Wildman–Crippen LogP) is 7.65. The second-order valence-electron chi connectivity index (χ2n) is 10.3. The SMILES string of the molecule is CC.CCC(F)(F)c1ccc(N(c2cnccc2C2=C[CH]2)C2CCN(C(=O)[C@@H]3CCC4=C([CH]4)C3)CC2)cc1. The summed E-state index contributed by atoms with van der Waals surface area (Å²) in [5, 5.41) is 0. The molecule has 2 aromatic rings. The molecule has 0 saturated carbocycles. The highest BCUT2D eigenvalue weighted by Gasteiger charge is 2.37. The number of rotatable bonds is 7. The van der Waals surface area contributed by atoms with Crippen molar-refractivity contribution in [2.45, 2.75) is 71.3 Å². The van der Waals surface area contributed by atoms with Crippen LogP contribution in [0.5, 0.6) is 0 Å². The Bertz CT molecular complexity index is 1230. The lowest BCUT2D eigenvalue weighted by molar-refractivity contribution is -0.136. The second kappa shape index (κ2) is 11.0. The first-order valence-electron chi connectivity index (χ1n) is 14.1. The van der Waals surface area contributed by atoms with Gasteiger partial charge in [0.1, 0.15) is 0 Å². The van der Waals surface area contributed by atoms with Crippen LogP contribution in [0.1, 0.15) is 70.4 Å². The number of piperidine rings is 1. The maximum atomic E-state index is 14.3. The van der Waals surface area contributed by atoms with Crippen LogP contribution >= 0.6 is 0 Å². The van der Waals surface area contributed by atoms with E-state index in [2.05, 4.69) is 28.8 Å². The van der Waals surface area contributed by atoms with E-state index in [-0.39, 0.29) is 29.9 Å². The number of halogens is 2. The average molecular weight is 518 g/mol. The molecule has 4 aliphatic rings. The summed E-state index contributed by atoms with van der Waals surface area (Å²) in [6.45, 7) is 6.92. The van der Waals surface area contributed by atoms with E-state index in [1.54, 1.807) is 30.5 Å². The molecule has 1 aromatic carbocycles. The van der Waals surface area contributed by atoms with Crippen molar-refractivity contribution in [3.8, 4) is 0 Å². The van der Waals surface area contributed by atoms with Crippen molar-refractivity contribution in [1.29, 1.82) is 0 Å². The lowest BCUT2D eigenvalue weighted by Gasteiger charge is -2.41. The molecule has 1 aliphatic heterocycles. The first kappa shape index (κ1) is 26.6. The predicted molar refractivity (Wildman–Crippen MR) is 149 cm³/mol. The van der Waals surface area contributed by atoms with Gasteiger partial charge in [0.05, 0.1) is 11.9 Å². The smallest absolute Gasteiger partial charge is 0.273 e. The van der Waals surface area contributed by atoms with Crippen LogP contribution in [0.4, 0.5) is 20.2 Å². The zero-order chi connectivity index (χ0) is 26.9. The summed E-state index contributed by atoms with van der Waals surface area (Å²) in [5.74, 6) is -2.43. The van der Waals surface area contributed by atoms with E-state index in [0.29, 0.717) is 13.1 Å². The lowest BCUT2D eigenvalue weighted by Crippen LogP contribution is -2.47. The van der Waals surface area contributed by atoms with Gasteiger partial charge in [-0.25, -0.2) is 8.78 Å². The van der Waals surface area contributed by atoms with Crippen molar-refractivity contribution in [3.63, 3.8) is 0 Å². The Morgan fingerprint density at radius 2 is 1.79 bits per heavy atom. The van der Waals surface area contributed by atoms with Crippen molar-refractivity contribution in [2.75, 3.05) is 18.0 Å². The molecule has 0 N–H and O–H groups in total. The third-order valence-electron chi connectivity index (χ3n) is 8.11. The minimum absolute atomic E-state index is 0.0393. The molecule has 3 aliphatic carbocycles. The minimum Gasteiger partial charge on any atom is -0.342 e. The summed E-state index contributed by atoms with van der Waals surface area (Å²) in [6, 6.07) is 8.85. The van der Waals surface area contributed by atoms with Crippen LogP contribution in [0.25, 0.3) is 5.57 Å². The van der Waals surface area contributed by atoms with Crippen LogP contribution in [0.3, 0.4) is 0 Å². The third kappa shape index (κ3) is 5.41. The molecule has 1 fully saturated rings. The highest BCUT2D eigenvalue weighted by Crippen LogP contribution is 2.45. The number of anilines is 2. The van der Waals surface area contributed by atoms with Gasteiger partial charge >= 0.3 is 0 Å². The second-order valence-corrected chi connectivity index (χ2v) is 10.3. The largest absolute Gasteiger partial charge is 0.342 e. The maximum Gasteiger partial charge on any atom is 0.273 e. The van der Waals surface area contributed by atoms with Gasteiger partial charge in [0.15, 0.2) is 0 Å². The number of carbonyl (C=O) groups excluding carboxylic acids is 1. The third-order valence-corrected chi connectivity index (χ3v) is 8.11. The molecule has 1 saturated heterocycles. The van der Waals surface area contributed by atoms with Gasteiger partial charge in [0, 0.05) is 67.3 Å². The van der Waals surface area contributed by atoms with Crippen molar-refractivity contribution in [1.82, 2.24) is 9.88 Å². The fraction of sp³-hybridized carbons (Fsp3) is 0.438. The molecule has 1 atom stereocenters. The van der Waals surface area contributed by atoms with E-state index in [9.17, 15) is 13.6 Å². The van der Waals surface area contributed by atoms with Gasteiger partial charge in [-0.15, -0.1) is 0 Å². The normalized spacial score (nSPS) is 20.7. The fourth-order valence-corrected chi connectivity index (χ4v) is 5.77. The van der Waals surface area contributed by atoms with Crippen LogP contribution in [-0.4, -0.2) is 34.9 Å². The van der Waals surface area contributed by atoms with Crippen LogP contribution in [0.15, 0.2) is 59.9 Å². The van der Waals surface area contributed by atoms with E-state index in [1.165, 1.54) is 23.6 Å². The number of allylic oxidation sites excluding steroid dienone is 4. The summed E-state index contributed by atoms with van der Waals surface area (Å²) < 4.78 is 28.6. The standard InChI is InChI=1S/C30H31F2N3O.C2H6/c1-2-30(31,32)24-7-9-25(10-8-24)35(28-19-33-14-11-27(28)20-3-4-20)26-12-15-34(16-13-26)29(36)22-6-5-21-17-23(21)18-22;1-2/h3-4,7-11,14,17,19,22,26H,2,5-6,12-13,15-16,18H2,1H3;1-2H3/t22-;/m1./s1. The Kier molecular flexibility index (Phi) is 7.69. The average Bonchev–Trinajstić information content (AvgIpc) is 3.89. The molecule has 38 heavy (non-hydrogen) atoms. The van der Waals surface area contributed by atoms with Crippen molar-refractivity contribution in [3.05, 3.63) is 83.9 Å². The number of aromatic nitrogens is 1. The molecule has 0 unspecified atom stereocenters. The molecule has 2 radical (unpaired) electrons. The summed E-state index contributed by atoms with van der Waals surface area (Å²) in [7, 11) is 0. The van der Waals surface area contributed by atoms with Gasteiger partial charge in [-0.2, -0.15) is 0 Å². The van der Waals surface area contributed by atoms with Crippen LogP contribution < -0.4 is 4.90 Å². The molecule has 6 rings (SSSR count). The van der Waals surface area contributed by atoms with Gasteiger partial charge in [0.2, 0.25) is 5.91 Å². The molecule has 1 aromatic heterocycles. The van der Waals surface area contributed by atoms with Crippen molar-refractivity contribution in [2.24, 2.45) is 5.92 Å². The molecular formula is C32H37F2N3O. The Balaban J connectivity index is 0.00000144. The molecule has 4 nitrogen and oxygen atoms in total. The number of hydrogen-bond donors (Lipinski definition) is 0. The first-order chi connectivity index (χ1) is 18.4. The monoisotopic (exact) mass is 517 g/mol. The van der Waals surface area contributed by atoms with E-state index in [1.807, 2.05) is 31.0 Å². The van der Waals surface area contributed by atoms with Gasteiger partial charge in [0.25, 0.3) is 5.92 Å². The minimum atomic E-state index is -2.84. The number of amides is 1. The number of carbonyl (C=O) groups is 1. The quantitative estimate of drug-likeness (QED) is 0.378. The first-order valence-corrected chi connectivity index (χ1v) is 14.1. The fourth-order valence-electron chi connectivity index (χ4n) is 5.77.